The first kappa shape index (κ1) is 14.6. The summed E-state index contributed by atoms with van der Waals surface area (Å²) in [6.45, 7) is 9.76. The Kier molecular flexibility index (Phi) is 6.06. The first-order valence-corrected chi connectivity index (χ1v) is 7.39. The third-order valence-electron chi connectivity index (χ3n) is 2.50. The van der Waals surface area contributed by atoms with Gasteiger partial charge in [0.05, 0.1) is 0 Å². The molecule has 0 unspecified atom stereocenters. The van der Waals surface area contributed by atoms with Crippen LogP contribution in [0, 0.1) is 0 Å². The number of rotatable bonds is 7. The quantitative estimate of drug-likeness (QED) is 0.760. The van der Waals surface area contributed by atoms with Gasteiger partial charge in [0.1, 0.15) is 10.0 Å². The van der Waals surface area contributed by atoms with E-state index < -0.39 is 0 Å². The van der Waals surface area contributed by atoms with Crippen LogP contribution in [0.25, 0.3) is 0 Å². The second kappa shape index (κ2) is 7.07. The Morgan fingerprint density at radius 1 is 1.06 bits per heavy atom. The molecule has 0 aliphatic carbocycles. The van der Waals surface area contributed by atoms with Crippen molar-refractivity contribution >= 4 is 11.3 Å². The van der Waals surface area contributed by atoms with E-state index in [0.29, 0.717) is 0 Å². The lowest BCUT2D eigenvalue weighted by molar-refractivity contribution is 0.429. The summed E-state index contributed by atoms with van der Waals surface area (Å²) in [6.07, 6.45) is 5.88. The van der Waals surface area contributed by atoms with Crippen LogP contribution in [-0.2, 0) is 12.8 Å². The Balaban J connectivity index is 2.26. The molecule has 0 spiro atoms. The molecule has 0 aliphatic rings. The van der Waals surface area contributed by atoms with E-state index in [1.165, 1.54) is 24.3 Å². The highest BCUT2D eigenvalue weighted by molar-refractivity contribution is 7.11. The SMILES string of the molecule is CCCCCc1nnc(CCNC(C)(C)C)s1. The van der Waals surface area contributed by atoms with Crippen LogP contribution in [0.1, 0.15) is 57.0 Å². The molecule has 0 fully saturated rings. The molecule has 0 saturated heterocycles. The molecular formula is C13H25N3S. The van der Waals surface area contributed by atoms with Crippen LogP contribution in [0.3, 0.4) is 0 Å². The van der Waals surface area contributed by atoms with E-state index in [2.05, 4.69) is 43.2 Å². The number of nitrogens with one attached hydrogen (secondary N) is 1. The van der Waals surface area contributed by atoms with Crippen molar-refractivity contribution in [3.63, 3.8) is 0 Å². The minimum atomic E-state index is 0.189. The van der Waals surface area contributed by atoms with E-state index in [4.69, 9.17) is 0 Å². The minimum Gasteiger partial charge on any atom is -0.312 e. The number of nitrogens with zero attached hydrogens (tertiary/aromatic N) is 2. The summed E-state index contributed by atoms with van der Waals surface area (Å²) in [5, 5.41) is 14.3. The number of hydrogen-bond donors (Lipinski definition) is 1. The Bertz CT molecular complexity index is 315. The second-order valence-electron chi connectivity index (χ2n) is 5.47. The summed E-state index contributed by atoms with van der Waals surface area (Å²) in [6, 6.07) is 0. The zero-order valence-corrected chi connectivity index (χ0v) is 12.4. The summed E-state index contributed by atoms with van der Waals surface area (Å²) in [4.78, 5) is 0. The normalized spacial score (nSPS) is 12.0. The van der Waals surface area contributed by atoms with Crippen molar-refractivity contribution in [2.75, 3.05) is 6.54 Å². The van der Waals surface area contributed by atoms with Crippen molar-refractivity contribution < 1.29 is 0 Å². The summed E-state index contributed by atoms with van der Waals surface area (Å²) in [5.74, 6) is 0. The van der Waals surface area contributed by atoms with Gasteiger partial charge in [0.15, 0.2) is 0 Å². The average molecular weight is 255 g/mol. The van der Waals surface area contributed by atoms with Crippen molar-refractivity contribution in [2.45, 2.75) is 65.3 Å². The van der Waals surface area contributed by atoms with Crippen LogP contribution < -0.4 is 5.32 Å². The lowest BCUT2D eigenvalue weighted by Crippen LogP contribution is -2.37. The Morgan fingerprint density at radius 3 is 2.29 bits per heavy atom. The highest BCUT2D eigenvalue weighted by Gasteiger charge is 2.09. The van der Waals surface area contributed by atoms with Gasteiger partial charge >= 0.3 is 0 Å². The smallest absolute Gasteiger partial charge is 0.118 e. The van der Waals surface area contributed by atoms with Crippen LogP contribution in [0.15, 0.2) is 0 Å². The molecule has 1 aromatic rings. The van der Waals surface area contributed by atoms with Crippen LogP contribution in [0.2, 0.25) is 0 Å². The molecule has 0 saturated carbocycles. The molecule has 0 aromatic carbocycles. The zero-order chi connectivity index (χ0) is 12.7. The third-order valence-corrected chi connectivity index (χ3v) is 3.54. The number of hydrogen-bond acceptors (Lipinski definition) is 4. The number of aryl methyl sites for hydroxylation is 1. The van der Waals surface area contributed by atoms with Crippen molar-refractivity contribution in [1.82, 2.24) is 15.5 Å². The van der Waals surface area contributed by atoms with E-state index in [1.807, 2.05) is 0 Å². The molecular weight excluding hydrogens is 230 g/mol. The highest BCUT2D eigenvalue weighted by atomic mass is 32.1. The van der Waals surface area contributed by atoms with Gasteiger partial charge in [-0.25, -0.2) is 0 Å². The van der Waals surface area contributed by atoms with E-state index >= 15 is 0 Å². The molecule has 0 aliphatic heterocycles. The molecule has 0 amide bonds. The molecule has 1 heterocycles. The summed E-state index contributed by atoms with van der Waals surface area (Å²) in [7, 11) is 0. The molecule has 0 atom stereocenters. The highest BCUT2D eigenvalue weighted by Crippen LogP contribution is 2.13. The van der Waals surface area contributed by atoms with Gasteiger partial charge in [-0.3, -0.25) is 0 Å². The summed E-state index contributed by atoms with van der Waals surface area (Å²) >= 11 is 1.77. The number of unbranched alkanes of at least 4 members (excludes halogenated alkanes) is 2. The molecule has 4 heteroatoms. The first-order chi connectivity index (χ1) is 8.01. The number of aromatic nitrogens is 2. The first-order valence-electron chi connectivity index (χ1n) is 6.57. The van der Waals surface area contributed by atoms with Crippen LogP contribution in [0.5, 0.6) is 0 Å². The van der Waals surface area contributed by atoms with Gasteiger partial charge in [0.2, 0.25) is 0 Å². The van der Waals surface area contributed by atoms with Gasteiger partial charge in [-0.2, -0.15) is 0 Å². The lowest BCUT2D eigenvalue weighted by Gasteiger charge is -2.19. The Labute approximate surface area is 109 Å². The maximum absolute atomic E-state index is 4.24. The van der Waals surface area contributed by atoms with E-state index in [0.717, 1.165) is 24.4 Å². The topological polar surface area (TPSA) is 37.8 Å². The van der Waals surface area contributed by atoms with Gasteiger partial charge in [0, 0.05) is 24.9 Å². The molecule has 0 radical (unpaired) electrons. The molecule has 1 aromatic heterocycles. The lowest BCUT2D eigenvalue weighted by atomic mass is 10.1. The van der Waals surface area contributed by atoms with Gasteiger partial charge in [-0.15, -0.1) is 21.5 Å². The third kappa shape index (κ3) is 6.74. The monoisotopic (exact) mass is 255 g/mol. The van der Waals surface area contributed by atoms with Gasteiger partial charge in [-0.05, 0) is 27.2 Å². The summed E-state index contributed by atoms with van der Waals surface area (Å²) in [5.41, 5.74) is 0.189. The largest absolute Gasteiger partial charge is 0.312 e. The minimum absolute atomic E-state index is 0.189. The van der Waals surface area contributed by atoms with E-state index in [1.54, 1.807) is 11.3 Å². The maximum Gasteiger partial charge on any atom is 0.118 e. The van der Waals surface area contributed by atoms with Crippen LogP contribution >= 0.6 is 11.3 Å². The zero-order valence-electron chi connectivity index (χ0n) is 11.5. The van der Waals surface area contributed by atoms with Crippen molar-refractivity contribution in [1.29, 1.82) is 0 Å². The Morgan fingerprint density at radius 2 is 1.71 bits per heavy atom. The molecule has 17 heavy (non-hydrogen) atoms. The fourth-order valence-electron chi connectivity index (χ4n) is 1.56. The predicted molar refractivity (Wildman–Crippen MR) is 74.6 cm³/mol. The molecule has 98 valence electrons. The second-order valence-corrected chi connectivity index (χ2v) is 6.62. The molecule has 0 bridgehead atoms. The Hall–Kier alpha value is -0.480. The van der Waals surface area contributed by atoms with E-state index in [-0.39, 0.29) is 5.54 Å². The fourth-order valence-corrected chi connectivity index (χ4v) is 2.45. The van der Waals surface area contributed by atoms with Crippen LogP contribution in [0.4, 0.5) is 0 Å². The van der Waals surface area contributed by atoms with Gasteiger partial charge in [0.25, 0.3) is 0 Å². The van der Waals surface area contributed by atoms with Gasteiger partial charge in [-0.1, -0.05) is 19.8 Å². The maximum atomic E-state index is 4.24. The van der Waals surface area contributed by atoms with Gasteiger partial charge < -0.3 is 5.32 Å². The average Bonchev–Trinajstić information content (AvgIpc) is 2.64. The predicted octanol–water partition coefficient (Wildman–Crippen LogP) is 3.20. The van der Waals surface area contributed by atoms with Crippen molar-refractivity contribution in [3.8, 4) is 0 Å². The van der Waals surface area contributed by atoms with Crippen LogP contribution in [-0.4, -0.2) is 22.3 Å². The molecule has 1 N–H and O–H groups in total. The van der Waals surface area contributed by atoms with Crippen molar-refractivity contribution in [3.05, 3.63) is 10.0 Å². The standard InChI is InChI=1S/C13H25N3S/c1-5-6-7-8-11-15-16-12(17-11)9-10-14-13(2,3)4/h14H,5-10H2,1-4H3. The molecule has 1 rings (SSSR count). The van der Waals surface area contributed by atoms with E-state index in [9.17, 15) is 0 Å². The fraction of sp³-hybridized carbons (Fsp3) is 0.846. The van der Waals surface area contributed by atoms with Crippen molar-refractivity contribution in [2.24, 2.45) is 0 Å². The molecule has 3 nitrogen and oxygen atoms in total. The summed E-state index contributed by atoms with van der Waals surface area (Å²) < 4.78 is 0.